The van der Waals surface area contributed by atoms with Crippen molar-refractivity contribution in [3.05, 3.63) is 153 Å². The van der Waals surface area contributed by atoms with Crippen molar-refractivity contribution in [3.63, 3.8) is 0 Å². The maximum absolute atomic E-state index is 14.3. The van der Waals surface area contributed by atoms with Crippen LogP contribution >= 0.6 is 23.1 Å². The van der Waals surface area contributed by atoms with E-state index in [0.717, 1.165) is 28.7 Å². The zero-order valence-corrected chi connectivity index (χ0v) is 28.6. The molecule has 13 heteroatoms. The Morgan fingerprint density at radius 3 is 2.49 bits per heavy atom. The molecule has 0 saturated carbocycles. The van der Waals surface area contributed by atoms with Crippen LogP contribution in [-0.2, 0) is 9.53 Å². The monoisotopic (exact) mass is 693 g/mol. The lowest BCUT2D eigenvalue weighted by atomic mass is 9.91. The number of carbonyl (C=O) groups excluding carboxylic acids is 1. The fourth-order valence-corrected chi connectivity index (χ4v) is 7.45. The van der Waals surface area contributed by atoms with Crippen molar-refractivity contribution in [2.75, 3.05) is 6.61 Å². The predicted molar refractivity (Wildman–Crippen MR) is 188 cm³/mol. The third-order valence-electron chi connectivity index (χ3n) is 7.82. The van der Waals surface area contributed by atoms with Crippen LogP contribution in [0.1, 0.15) is 60.7 Å². The molecule has 11 nitrogen and oxygen atoms in total. The van der Waals surface area contributed by atoms with Gasteiger partial charge in [0.1, 0.15) is 0 Å². The number of nitrogens with one attached hydrogen (secondary N) is 1. The smallest absolute Gasteiger partial charge is 0.338 e. The van der Waals surface area contributed by atoms with Crippen molar-refractivity contribution in [2.45, 2.75) is 49.7 Å². The summed E-state index contributed by atoms with van der Waals surface area (Å²) in [5.41, 5.74) is 3.08. The third-order valence-corrected chi connectivity index (χ3v) is 9.76. The van der Waals surface area contributed by atoms with E-state index in [9.17, 15) is 24.5 Å². The van der Waals surface area contributed by atoms with Gasteiger partial charge in [-0.3, -0.25) is 24.3 Å². The number of aromatic amines is 1. The first kappa shape index (κ1) is 33.5. The molecule has 1 N–H and O–H groups in total. The molecule has 3 heterocycles. The highest BCUT2D eigenvalue weighted by Crippen LogP contribution is 2.36. The number of benzene rings is 3. The number of hydrogen-bond acceptors (Lipinski definition) is 10. The summed E-state index contributed by atoms with van der Waals surface area (Å²) in [7, 11) is 0. The fourth-order valence-electron chi connectivity index (χ4n) is 5.53. The molecule has 5 aromatic rings. The van der Waals surface area contributed by atoms with Gasteiger partial charge in [0.05, 0.1) is 38.3 Å². The number of ether oxygens (including phenoxy) is 1. The zero-order valence-electron chi connectivity index (χ0n) is 27.0. The Bertz CT molecular complexity index is 2360. The number of nitro benzene ring substituents is 1. The van der Waals surface area contributed by atoms with E-state index in [0.29, 0.717) is 32.9 Å². The Balaban J connectivity index is 1.53. The minimum absolute atomic E-state index is 0.136. The number of aryl methyl sites for hydroxylation is 1. The van der Waals surface area contributed by atoms with Crippen LogP contribution in [0.4, 0.5) is 5.69 Å². The van der Waals surface area contributed by atoms with E-state index in [1.807, 2.05) is 54.6 Å². The number of nitrogens with zero attached hydrogens (tertiary/aromatic N) is 4. The predicted octanol–water partition coefficient (Wildman–Crippen LogP) is 5.51. The number of fused-ring (bicyclic) bond motifs is 1. The molecule has 3 aromatic carbocycles. The minimum Gasteiger partial charge on any atom is -0.463 e. The van der Waals surface area contributed by atoms with Gasteiger partial charge in [0.25, 0.3) is 16.8 Å². The van der Waals surface area contributed by atoms with Crippen LogP contribution in [0.25, 0.3) is 11.8 Å². The molecule has 6 rings (SSSR count). The molecule has 1 atom stereocenters. The van der Waals surface area contributed by atoms with Crippen molar-refractivity contribution in [3.8, 4) is 0 Å². The van der Waals surface area contributed by atoms with Crippen LogP contribution in [-0.4, -0.2) is 32.0 Å². The number of thiazole rings is 1. The minimum atomic E-state index is -0.842. The molecule has 0 bridgehead atoms. The van der Waals surface area contributed by atoms with E-state index >= 15 is 0 Å². The highest BCUT2D eigenvalue weighted by atomic mass is 32.2. The van der Waals surface area contributed by atoms with Gasteiger partial charge in [-0.15, -0.1) is 0 Å². The first-order valence-corrected chi connectivity index (χ1v) is 17.1. The maximum Gasteiger partial charge on any atom is 0.338 e. The summed E-state index contributed by atoms with van der Waals surface area (Å²) < 4.78 is 7.32. The summed E-state index contributed by atoms with van der Waals surface area (Å²) in [5.74, 6) is -0.300. The van der Waals surface area contributed by atoms with Crippen molar-refractivity contribution < 1.29 is 14.5 Å². The molecular formula is C36H31N5O6S2. The van der Waals surface area contributed by atoms with Gasteiger partial charge in [0, 0.05) is 23.4 Å². The second-order valence-electron chi connectivity index (χ2n) is 11.5. The summed E-state index contributed by atoms with van der Waals surface area (Å²) in [4.78, 5) is 63.9. The topological polar surface area (TPSA) is 150 Å². The van der Waals surface area contributed by atoms with Crippen molar-refractivity contribution in [1.82, 2.24) is 14.5 Å². The molecule has 1 aliphatic heterocycles. The first-order chi connectivity index (χ1) is 23.5. The van der Waals surface area contributed by atoms with E-state index in [2.05, 4.69) is 23.8 Å². The van der Waals surface area contributed by atoms with Gasteiger partial charge in [-0.25, -0.2) is 14.8 Å². The van der Waals surface area contributed by atoms with E-state index in [1.165, 1.54) is 16.7 Å². The van der Waals surface area contributed by atoms with Gasteiger partial charge in [0.15, 0.2) is 9.96 Å². The van der Waals surface area contributed by atoms with Crippen LogP contribution in [0, 0.1) is 17.0 Å². The number of H-pyrrole nitrogens is 1. The third kappa shape index (κ3) is 6.94. The molecule has 0 saturated heterocycles. The van der Waals surface area contributed by atoms with Crippen LogP contribution in [0.3, 0.4) is 0 Å². The second-order valence-corrected chi connectivity index (χ2v) is 13.6. The Kier molecular flexibility index (Phi) is 9.56. The number of nitro groups is 1. The molecule has 0 unspecified atom stereocenters. The SMILES string of the molecule is CCOC(=O)C1=C(c2ccccc2)N=c2s/c(=C/c3ccc(Sc4nc(C)cc(=O)[nH]4)c([N+](=O)[O-])c3)c(=O)n2[C@@H]1c1ccc(C(C)C)cc1. The van der Waals surface area contributed by atoms with Crippen molar-refractivity contribution in [2.24, 2.45) is 4.99 Å². The number of hydrogen-bond donors (Lipinski definition) is 1. The van der Waals surface area contributed by atoms with Crippen LogP contribution < -0.4 is 20.5 Å². The highest BCUT2D eigenvalue weighted by Gasteiger charge is 2.35. The van der Waals surface area contributed by atoms with Gasteiger partial charge in [-0.1, -0.05) is 85.8 Å². The quantitative estimate of drug-likeness (QED) is 0.0920. The lowest BCUT2D eigenvalue weighted by Gasteiger charge is -2.26. The molecule has 0 radical (unpaired) electrons. The second kappa shape index (κ2) is 14.0. The Morgan fingerprint density at radius 1 is 1.10 bits per heavy atom. The van der Waals surface area contributed by atoms with E-state index in [-0.39, 0.29) is 43.9 Å². The highest BCUT2D eigenvalue weighted by molar-refractivity contribution is 7.99. The van der Waals surface area contributed by atoms with E-state index < -0.39 is 22.5 Å². The summed E-state index contributed by atoms with van der Waals surface area (Å²) in [6.07, 6.45) is 1.58. The van der Waals surface area contributed by atoms with E-state index in [4.69, 9.17) is 9.73 Å². The fraction of sp³-hybridized carbons (Fsp3) is 0.194. The van der Waals surface area contributed by atoms with Gasteiger partial charge in [-0.05, 0) is 60.4 Å². The van der Waals surface area contributed by atoms with Gasteiger partial charge in [-0.2, -0.15) is 0 Å². The average molecular weight is 694 g/mol. The molecule has 0 spiro atoms. The first-order valence-electron chi connectivity index (χ1n) is 15.5. The molecule has 0 fully saturated rings. The van der Waals surface area contributed by atoms with Crippen LogP contribution in [0.15, 0.2) is 109 Å². The Labute approximate surface area is 288 Å². The summed E-state index contributed by atoms with van der Waals surface area (Å²) in [6, 6.07) is 22.2. The number of aromatic nitrogens is 3. The molecule has 2 aromatic heterocycles. The maximum atomic E-state index is 14.3. The molecule has 1 aliphatic rings. The van der Waals surface area contributed by atoms with Crippen molar-refractivity contribution in [1.29, 1.82) is 0 Å². The van der Waals surface area contributed by atoms with Crippen LogP contribution in [0.5, 0.6) is 0 Å². The Hall–Kier alpha value is -5.40. The molecule has 49 heavy (non-hydrogen) atoms. The number of esters is 1. The van der Waals surface area contributed by atoms with E-state index in [1.54, 1.807) is 32.1 Å². The molecule has 0 aliphatic carbocycles. The summed E-state index contributed by atoms with van der Waals surface area (Å²) in [6.45, 7) is 7.70. The summed E-state index contributed by atoms with van der Waals surface area (Å²) in [5, 5.41) is 12.3. The van der Waals surface area contributed by atoms with Crippen LogP contribution in [0.2, 0.25) is 0 Å². The molecular weight excluding hydrogens is 663 g/mol. The number of carbonyl (C=O) groups is 1. The van der Waals surface area contributed by atoms with Gasteiger partial charge < -0.3 is 9.72 Å². The Morgan fingerprint density at radius 2 is 1.84 bits per heavy atom. The van der Waals surface area contributed by atoms with Gasteiger partial charge in [0.2, 0.25) is 0 Å². The largest absolute Gasteiger partial charge is 0.463 e. The standard InChI is InChI=1S/C36H31N5O6S2/c1-5-47-34(44)30-31(24-9-7-6-8-10-24)39-36-40(32(30)25-14-12-23(13-15-25)20(2)3)33(43)28(49-36)19-22-11-16-27(26(18-22)41(45)46)48-35-37-21(4)17-29(42)38-35/h6-20,32H,5H2,1-4H3,(H,37,38,42)/b28-19+/t32-/m1/s1. The summed E-state index contributed by atoms with van der Waals surface area (Å²) >= 11 is 2.10. The number of rotatable bonds is 9. The van der Waals surface area contributed by atoms with Crippen molar-refractivity contribution >= 4 is 46.5 Å². The average Bonchev–Trinajstić information content (AvgIpc) is 3.38. The lowest BCUT2D eigenvalue weighted by molar-refractivity contribution is -0.387. The van der Waals surface area contributed by atoms with Gasteiger partial charge >= 0.3 is 5.97 Å². The normalized spacial score (nSPS) is 14.5. The molecule has 0 amide bonds. The molecule has 248 valence electrons. The zero-order chi connectivity index (χ0) is 34.8. The lowest BCUT2D eigenvalue weighted by Crippen LogP contribution is -2.40.